The average molecular weight is 261 g/mol. The van der Waals surface area contributed by atoms with E-state index in [1.807, 2.05) is 11.8 Å². The Kier molecular flexibility index (Phi) is 6.09. The van der Waals surface area contributed by atoms with Crippen LogP contribution in [0.3, 0.4) is 0 Å². The van der Waals surface area contributed by atoms with Gasteiger partial charge in [-0.1, -0.05) is 25.4 Å². The van der Waals surface area contributed by atoms with Crippen LogP contribution in [0.25, 0.3) is 0 Å². The van der Waals surface area contributed by atoms with Gasteiger partial charge in [-0.05, 0) is 17.7 Å². The van der Waals surface area contributed by atoms with Crippen LogP contribution in [0.5, 0.6) is 0 Å². The maximum atomic E-state index is 5.91. The smallest absolute Gasteiger partial charge is 0.140 e. The highest BCUT2D eigenvalue weighted by molar-refractivity contribution is 7.98. The SMILES string of the molecule is COCc1cc(Cl)nc(CSCC(C)C)n1. The van der Waals surface area contributed by atoms with Gasteiger partial charge in [0.15, 0.2) is 0 Å². The van der Waals surface area contributed by atoms with Crippen LogP contribution in [0.4, 0.5) is 0 Å². The molecule has 90 valence electrons. The molecule has 0 fully saturated rings. The van der Waals surface area contributed by atoms with Crippen molar-refractivity contribution in [3.63, 3.8) is 0 Å². The summed E-state index contributed by atoms with van der Waals surface area (Å²) in [5, 5.41) is 0.488. The van der Waals surface area contributed by atoms with Gasteiger partial charge < -0.3 is 4.74 Å². The Balaban J connectivity index is 2.58. The van der Waals surface area contributed by atoms with Gasteiger partial charge in [0, 0.05) is 7.11 Å². The summed E-state index contributed by atoms with van der Waals surface area (Å²) < 4.78 is 5.02. The molecular formula is C11H17ClN2OS. The van der Waals surface area contributed by atoms with E-state index in [0.29, 0.717) is 17.7 Å². The summed E-state index contributed by atoms with van der Waals surface area (Å²) in [7, 11) is 1.64. The van der Waals surface area contributed by atoms with Crippen LogP contribution in [0.15, 0.2) is 6.07 Å². The van der Waals surface area contributed by atoms with Gasteiger partial charge in [-0.3, -0.25) is 0 Å². The zero-order chi connectivity index (χ0) is 12.0. The standard InChI is InChI=1S/C11H17ClN2OS/c1-8(2)6-16-7-11-13-9(5-15-3)4-10(12)14-11/h4,8H,5-7H2,1-3H3. The Labute approximate surface area is 106 Å². The highest BCUT2D eigenvalue weighted by atomic mass is 35.5. The molecule has 0 aromatic carbocycles. The summed E-state index contributed by atoms with van der Waals surface area (Å²) in [5.74, 6) is 3.37. The van der Waals surface area contributed by atoms with Crippen molar-refractivity contribution >= 4 is 23.4 Å². The molecule has 0 spiro atoms. The molecule has 0 atom stereocenters. The van der Waals surface area contributed by atoms with Crippen LogP contribution in [0, 0.1) is 5.92 Å². The Morgan fingerprint density at radius 2 is 2.19 bits per heavy atom. The molecule has 0 bridgehead atoms. The molecule has 3 nitrogen and oxygen atoms in total. The van der Waals surface area contributed by atoms with Gasteiger partial charge in [0.05, 0.1) is 18.1 Å². The molecule has 5 heteroatoms. The molecule has 0 aliphatic carbocycles. The second-order valence-corrected chi connectivity index (χ2v) is 5.36. The summed E-state index contributed by atoms with van der Waals surface area (Å²) in [6.07, 6.45) is 0. The summed E-state index contributed by atoms with van der Waals surface area (Å²) in [4.78, 5) is 8.57. The lowest BCUT2D eigenvalue weighted by Gasteiger charge is -2.06. The molecule has 1 rings (SSSR count). The largest absolute Gasteiger partial charge is 0.378 e. The zero-order valence-corrected chi connectivity index (χ0v) is 11.4. The fraction of sp³-hybridized carbons (Fsp3) is 0.636. The lowest BCUT2D eigenvalue weighted by Crippen LogP contribution is -2.01. The van der Waals surface area contributed by atoms with Crippen molar-refractivity contribution in [3.05, 3.63) is 22.7 Å². The minimum atomic E-state index is 0.476. The molecule has 0 N–H and O–H groups in total. The second-order valence-electron chi connectivity index (χ2n) is 3.94. The number of aromatic nitrogens is 2. The third kappa shape index (κ3) is 5.14. The molecule has 0 aliphatic rings. The van der Waals surface area contributed by atoms with E-state index in [2.05, 4.69) is 23.8 Å². The van der Waals surface area contributed by atoms with Gasteiger partial charge in [-0.15, -0.1) is 0 Å². The van der Waals surface area contributed by atoms with Crippen LogP contribution in [-0.4, -0.2) is 22.8 Å². The summed E-state index contributed by atoms with van der Waals surface area (Å²) in [5.41, 5.74) is 0.836. The summed E-state index contributed by atoms with van der Waals surface area (Å²) in [6.45, 7) is 4.87. The maximum Gasteiger partial charge on any atom is 0.140 e. The first kappa shape index (κ1) is 13.7. The number of rotatable bonds is 6. The second kappa shape index (κ2) is 7.09. The van der Waals surface area contributed by atoms with Crippen LogP contribution < -0.4 is 0 Å². The van der Waals surface area contributed by atoms with Gasteiger partial charge in [0.2, 0.25) is 0 Å². The number of hydrogen-bond acceptors (Lipinski definition) is 4. The van der Waals surface area contributed by atoms with E-state index in [4.69, 9.17) is 16.3 Å². The Bertz CT molecular complexity index is 334. The van der Waals surface area contributed by atoms with E-state index in [9.17, 15) is 0 Å². The number of methoxy groups -OCH3 is 1. The molecule has 1 aromatic rings. The average Bonchev–Trinajstić information content (AvgIpc) is 2.16. The molecule has 0 amide bonds. The van der Waals surface area contributed by atoms with Gasteiger partial charge in [0.25, 0.3) is 0 Å². The van der Waals surface area contributed by atoms with Crippen LogP contribution in [0.2, 0.25) is 5.15 Å². The summed E-state index contributed by atoms with van der Waals surface area (Å²) >= 11 is 7.74. The molecular weight excluding hydrogens is 244 g/mol. The molecule has 0 aliphatic heterocycles. The molecule has 16 heavy (non-hydrogen) atoms. The highest BCUT2D eigenvalue weighted by Gasteiger charge is 2.04. The molecule has 0 unspecified atom stereocenters. The first-order chi connectivity index (χ1) is 7.61. The van der Waals surface area contributed by atoms with E-state index in [1.54, 1.807) is 13.2 Å². The van der Waals surface area contributed by atoms with E-state index < -0.39 is 0 Å². The minimum absolute atomic E-state index is 0.476. The van der Waals surface area contributed by atoms with E-state index >= 15 is 0 Å². The predicted octanol–water partition coefficient (Wildman–Crippen LogP) is 3.17. The highest BCUT2D eigenvalue weighted by Crippen LogP contribution is 2.15. The fourth-order valence-corrected chi connectivity index (χ4v) is 2.31. The summed E-state index contributed by atoms with van der Waals surface area (Å²) in [6, 6.07) is 1.74. The van der Waals surface area contributed by atoms with Gasteiger partial charge in [0.1, 0.15) is 11.0 Å². The Morgan fingerprint density at radius 3 is 2.81 bits per heavy atom. The third-order valence-corrected chi connectivity index (χ3v) is 3.33. The lowest BCUT2D eigenvalue weighted by atomic mass is 10.3. The van der Waals surface area contributed by atoms with Crippen LogP contribution in [-0.2, 0) is 17.1 Å². The normalized spacial score (nSPS) is 11.1. The maximum absolute atomic E-state index is 5.91. The molecule has 0 saturated carbocycles. The monoisotopic (exact) mass is 260 g/mol. The number of nitrogens with zero attached hydrogens (tertiary/aromatic N) is 2. The number of thioether (sulfide) groups is 1. The number of ether oxygens (including phenoxy) is 1. The van der Waals surface area contributed by atoms with Crippen molar-refractivity contribution in [2.24, 2.45) is 5.92 Å². The molecule has 0 saturated heterocycles. The van der Waals surface area contributed by atoms with Gasteiger partial charge >= 0.3 is 0 Å². The first-order valence-corrected chi connectivity index (χ1v) is 6.74. The van der Waals surface area contributed by atoms with E-state index in [1.165, 1.54) is 0 Å². The third-order valence-electron chi connectivity index (χ3n) is 1.77. The van der Waals surface area contributed by atoms with Crippen molar-refractivity contribution in [3.8, 4) is 0 Å². The predicted molar refractivity (Wildman–Crippen MR) is 68.8 cm³/mol. The van der Waals surface area contributed by atoms with Crippen LogP contribution >= 0.6 is 23.4 Å². The zero-order valence-electron chi connectivity index (χ0n) is 9.86. The van der Waals surface area contributed by atoms with Gasteiger partial charge in [-0.25, -0.2) is 9.97 Å². The Morgan fingerprint density at radius 1 is 1.44 bits per heavy atom. The van der Waals surface area contributed by atoms with Crippen molar-refractivity contribution in [1.82, 2.24) is 9.97 Å². The van der Waals surface area contributed by atoms with Crippen molar-refractivity contribution in [1.29, 1.82) is 0 Å². The van der Waals surface area contributed by atoms with Crippen molar-refractivity contribution in [2.45, 2.75) is 26.2 Å². The van der Waals surface area contributed by atoms with E-state index in [-0.39, 0.29) is 0 Å². The fourth-order valence-electron chi connectivity index (χ4n) is 1.19. The molecule has 1 heterocycles. The van der Waals surface area contributed by atoms with Crippen molar-refractivity contribution in [2.75, 3.05) is 12.9 Å². The first-order valence-electron chi connectivity index (χ1n) is 5.21. The molecule has 1 aromatic heterocycles. The minimum Gasteiger partial charge on any atom is -0.378 e. The Hall–Kier alpha value is -0.320. The topological polar surface area (TPSA) is 35.0 Å². The van der Waals surface area contributed by atoms with Crippen molar-refractivity contribution < 1.29 is 4.74 Å². The quantitative estimate of drug-likeness (QED) is 0.736. The van der Waals surface area contributed by atoms with E-state index in [0.717, 1.165) is 23.0 Å². The van der Waals surface area contributed by atoms with Gasteiger partial charge in [-0.2, -0.15) is 11.8 Å². The lowest BCUT2D eigenvalue weighted by molar-refractivity contribution is 0.181. The van der Waals surface area contributed by atoms with Crippen LogP contribution in [0.1, 0.15) is 25.4 Å². The number of hydrogen-bond donors (Lipinski definition) is 0. The number of halogens is 1. The molecule has 0 radical (unpaired) electrons.